The van der Waals surface area contributed by atoms with Crippen LogP contribution < -0.4 is 10.1 Å². The lowest BCUT2D eigenvalue weighted by Gasteiger charge is -2.21. The number of nitrogens with zero attached hydrogens (tertiary/aromatic N) is 2. The number of benzene rings is 2. The molecule has 164 valence electrons. The maximum atomic E-state index is 13.4. The standard InChI is InChI=1S/C24H29FN4O2/c1-17(13-18-7-4-11-22(14-18)31-3)26-24(30)29(2)12-6-10-21-16-23(28-27-21)19-8-5-9-20(25)15-19/h4-5,7-9,11,14-17H,6,10,12-13H2,1-3H3,(H,26,30)(H,27,28). The molecule has 0 fully saturated rings. The van der Waals surface area contributed by atoms with E-state index in [9.17, 15) is 9.18 Å². The minimum absolute atomic E-state index is 0.00323. The van der Waals surface area contributed by atoms with E-state index >= 15 is 0 Å². The van der Waals surface area contributed by atoms with Crippen LogP contribution in [0.4, 0.5) is 9.18 Å². The molecule has 7 heteroatoms. The molecule has 1 atom stereocenters. The lowest BCUT2D eigenvalue weighted by Crippen LogP contribution is -2.43. The number of carbonyl (C=O) groups excluding carboxylic acids is 1. The first-order valence-electron chi connectivity index (χ1n) is 10.4. The molecule has 0 bridgehead atoms. The highest BCUT2D eigenvalue weighted by molar-refractivity contribution is 5.74. The van der Waals surface area contributed by atoms with Crippen molar-refractivity contribution < 1.29 is 13.9 Å². The number of aromatic amines is 1. The lowest BCUT2D eigenvalue weighted by atomic mass is 10.1. The zero-order valence-corrected chi connectivity index (χ0v) is 18.2. The molecular weight excluding hydrogens is 395 g/mol. The lowest BCUT2D eigenvalue weighted by molar-refractivity contribution is 0.205. The molecule has 2 amide bonds. The molecule has 6 nitrogen and oxygen atoms in total. The normalized spacial score (nSPS) is 11.7. The van der Waals surface area contributed by atoms with E-state index in [0.29, 0.717) is 12.2 Å². The van der Waals surface area contributed by atoms with Gasteiger partial charge in [0.15, 0.2) is 0 Å². The zero-order chi connectivity index (χ0) is 22.2. The van der Waals surface area contributed by atoms with Gasteiger partial charge in [0.1, 0.15) is 11.6 Å². The molecule has 3 aromatic rings. The Morgan fingerprint density at radius 2 is 2.03 bits per heavy atom. The van der Waals surface area contributed by atoms with Crippen LogP contribution in [0, 0.1) is 5.82 Å². The monoisotopic (exact) mass is 424 g/mol. The number of methoxy groups -OCH3 is 1. The summed E-state index contributed by atoms with van der Waals surface area (Å²) in [7, 11) is 3.43. The van der Waals surface area contributed by atoms with Crippen molar-refractivity contribution >= 4 is 6.03 Å². The average molecular weight is 425 g/mol. The van der Waals surface area contributed by atoms with Gasteiger partial charge in [0, 0.05) is 30.9 Å². The number of nitrogens with one attached hydrogen (secondary N) is 2. The fourth-order valence-electron chi connectivity index (χ4n) is 3.42. The smallest absolute Gasteiger partial charge is 0.317 e. The first kappa shape index (κ1) is 22.3. The molecule has 1 unspecified atom stereocenters. The number of amides is 2. The van der Waals surface area contributed by atoms with E-state index in [4.69, 9.17) is 4.74 Å². The van der Waals surface area contributed by atoms with Gasteiger partial charge in [-0.3, -0.25) is 5.10 Å². The predicted molar refractivity (Wildman–Crippen MR) is 120 cm³/mol. The first-order chi connectivity index (χ1) is 14.9. The third kappa shape index (κ3) is 6.57. The van der Waals surface area contributed by atoms with Crippen molar-refractivity contribution in [2.24, 2.45) is 0 Å². The summed E-state index contributed by atoms with van der Waals surface area (Å²) in [6, 6.07) is 16.1. The maximum absolute atomic E-state index is 13.4. The zero-order valence-electron chi connectivity index (χ0n) is 18.2. The van der Waals surface area contributed by atoms with Crippen molar-refractivity contribution in [3.8, 4) is 17.0 Å². The Morgan fingerprint density at radius 1 is 1.23 bits per heavy atom. The summed E-state index contributed by atoms with van der Waals surface area (Å²) in [6.07, 6.45) is 2.27. The number of halogens is 1. The Kier molecular flexibility index (Phi) is 7.65. The van der Waals surface area contributed by atoms with Gasteiger partial charge in [-0.1, -0.05) is 24.3 Å². The van der Waals surface area contributed by atoms with Crippen LogP contribution in [0.25, 0.3) is 11.3 Å². The van der Waals surface area contributed by atoms with E-state index < -0.39 is 0 Å². The van der Waals surface area contributed by atoms with Crippen molar-refractivity contribution in [1.29, 1.82) is 0 Å². The number of hydrogen-bond acceptors (Lipinski definition) is 3. The Bertz CT molecular complexity index is 1000. The van der Waals surface area contributed by atoms with Crippen LogP contribution in [0.15, 0.2) is 54.6 Å². The van der Waals surface area contributed by atoms with Crippen molar-refractivity contribution in [2.45, 2.75) is 32.2 Å². The molecule has 0 aliphatic rings. The largest absolute Gasteiger partial charge is 0.497 e. The fraction of sp³-hybridized carbons (Fsp3) is 0.333. The molecule has 3 rings (SSSR count). The molecule has 0 aliphatic heterocycles. The van der Waals surface area contributed by atoms with E-state index in [0.717, 1.165) is 41.8 Å². The Balaban J connectivity index is 1.43. The Hall–Kier alpha value is -3.35. The number of hydrogen-bond donors (Lipinski definition) is 2. The summed E-state index contributed by atoms with van der Waals surface area (Å²) >= 11 is 0. The highest BCUT2D eigenvalue weighted by Gasteiger charge is 2.13. The van der Waals surface area contributed by atoms with Gasteiger partial charge in [0.25, 0.3) is 0 Å². The number of rotatable bonds is 9. The molecule has 31 heavy (non-hydrogen) atoms. The summed E-state index contributed by atoms with van der Waals surface area (Å²) < 4.78 is 18.6. The topological polar surface area (TPSA) is 70.2 Å². The van der Waals surface area contributed by atoms with Gasteiger partial charge in [-0.2, -0.15) is 5.10 Å². The minimum Gasteiger partial charge on any atom is -0.497 e. The van der Waals surface area contributed by atoms with Crippen LogP contribution in [0.2, 0.25) is 0 Å². The van der Waals surface area contributed by atoms with Crippen molar-refractivity contribution in [1.82, 2.24) is 20.4 Å². The van der Waals surface area contributed by atoms with E-state index in [-0.39, 0.29) is 17.9 Å². The second-order valence-electron chi connectivity index (χ2n) is 7.72. The van der Waals surface area contributed by atoms with Gasteiger partial charge in [-0.15, -0.1) is 0 Å². The van der Waals surface area contributed by atoms with Crippen molar-refractivity contribution in [3.05, 3.63) is 71.7 Å². The molecule has 2 N–H and O–H groups in total. The fourth-order valence-corrected chi connectivity index (χ4v) is 3.42. The number of H-pyrrole nitrogens is 1. The van der Waals surface area contributed by atoms with Crippen LogP contribution in [-0.2, 0) is 12.8 Å². The Morgan fingerprint density at radius 3 is 2.81 bits per heavy atom. The van der Waals surface area contributed by atoms with Gasteiger partial charge in [0.2, 0.25) is 0 Å². The van der Waals surface area contributed by atoms with E-state index in [1.807, 2.05) is 43.3 Å². The number of aromatic nitrogens is 2. The van der Waals surface area contributed by atoms with Crippen LogP contribution in [0.5, 0.6) is 5.75 Å². The summed E-state index contributed by atoms with van der Waals surface area (Å²) in [4.78, 5) is 14.2. The maximum Gasteiger partial charge on any atom is 0.317 e. The van der Waals surface area contributed by atoms with Crippen molar-refractivity contribution in [3.63, 3.8) is 0 Å². The third-order valence-corrected chi connectivity index (χ3v) is 5.08. The second kappa shape index (κ2) is 10.6. The van der Waals surface area contributed by atoms with E-state index in [2.05, 4.69) is 15.5 Å². The number of ether oxygens (including phenoxy) is 1. The van der Waals surface area contributed by atoms with Gasteiger partial charge in [-0.05, 0) is 62.1 Å². The molecular formula is C24H29FN4O2. The van der Waals surface area contributed by atoms with Gasteiger partial charge >= 0.3 is 6.03 Å². The molecule has 0 saturated carbocycles. The van der Waals surface area contributed by atoms with Gasteiger partial charge in [0.05, 0.1) is 12.8 Å². The number of aryl methyl sites for hydroxylation is 1. The third-order valence-electron chi connectivity index (χ3n) is 5.08. The summed E-state index contributed by atoms with van der Waals surface area (Å²) in [5.74, 6) is 0.530. The van der Waals surface area contributed by atoms with Crippen LogP contribution >= 0.6 is 0 Å². The summed E-state index contributed by atoms with van der Waals surface area (Å²) in [5.41, 5.74) is 3.53. The average Bonchev–Trinajstić information content (AvgIpc) is 3.22. The minimum atomic E-state index is -0.282. The second-order valence-corrected chi connectivity index (χ2v) is 7.72. The SMILES string of the molecule is COc1cccc(CC(C)NC(=O)N(C)CCCc2cc(-c3cccc(F)c3)n[nH]2)c1. The summed E-state index contributed by atoms with van der Waals surface area (Å²) in [6.45, 7) is 2.61. The van der Waals surface area contributed by atoms with Crippen molar-refractivity contribution in [2.75, 3.05) is 20.7 Å². The quantitative estimate of drug-likeness (QED) is 0.534. The van der Waals surface area contributed by atoms with Crippen LogP contribution in [0.3, 0.4) is 0 Å². The highest BCUT2D eigenvalue weighted by atomic mass is 19.1. The molecule has 1 heterocycles. The predicted octanol–water partition coefficient (Wildman–Crippen LogP) is 4.43. The van der Waals surface area contributed by atoms with Gasteiger partial charge in [-0.25, -0.2) is 9.18 Å². The van der Waals surface area contributed by atoms with E-state index in [1.165, 1.54) is 12.1 Å². The summed E-state index contributed by atoms with van der Waals surface area (Å²) in [5, 5.41) is 10.3. The number of urea groups is 1. The van der Waals surface area contributed by atoms with Crippen LogP contribution in [0.1, 0.15) is 24.6 Å². The van der Waals surface area contributed by atoms with E-state index in [1.54, 1.807) is 25.1 Å². The highest BCUT2D eigenvalue weighted by Crippen LogP contribution is 2.19. The van der Waals surface area contributed by atoms with Crippen LogP contribution in [-0.4, -0.2) is 47.9 Å². The molecule has 0 radical (unpaired) electrons. The molecule has 2 aromatic carbocycles. The number of carbonyl (C=O) groups is 1. The first-order valence-corrected chi connectivity index (χ1v) is 10.4. The molecule has 0 spiro atoms. The molecule has 1 aromatic heterocycles. The van der Waals surface area contributed by atoms with Gasteiger partial charge < -0.3 is 15.0 Å². The molecule has 0 aliphatic carbocycles. The molecule has 0 saturated heterocycles. The Labute approximate surface area is 182 Å².